The minimum Gasteiger partial charge on any atom is -0.309 e. The number of benzene rings is 8. The molecule has 1 spiro atoms. The first-order valence-electron chi connectivity index (χ1n) is 18.8. The molecule has 0 unspecified atom stereocenters. The van der Waals surface area contributed by atoms with E-state index in [9.17, 15) is 0 Å². The normalized spacial score (nSPS) is 13.2. The lowest BCUT2D eigenvalue weighted by molar-refractivity contribution is 0.794. The molecule has 0 bridgehead atoms. The van der Waals surface area contributed by atoms with Crippen molar-refractivity contribution < 1.29 is 0 Å². The Balaban J connectivity index is 1.05. The Kier molecular flexibility index (Phi) is 6.23. The van der Waals surface area contributed by atoms with E-state index in [2.05, 4.69) is 203 Å². The van der Waals surface area contributed by atoms with Crippen molar-refractivity contribution in [1.82, 2.24) is 19.3 Å². The van der Waals surface area contributed by atoms with Crippen LogP contribution in [0.1, 0.15) is 22.3 Å². The van der Waals surface area contributed by atoms with Gasteiger partial charge in [0.25, 0.3) is 0 Å². The predicted molar refractivity (Wildman–Crippen MR) is 223 cm³/mol. The molecule has 0 atom stereocenters. The SMILES string of the molecule is c1ccc(-n2c(-c3ccc(-n4c5ccccc5c5ccccc54)cc3)nnc2-c2ccc3c(c2)C2(c4ccccc4-c4ccccc42)c2ccccc2-3)cc1. The molecule has 8 aromatic carbocycles. The lowest BCUT2D eigenvalue weighted by atomic mass is 9.70. The summed E-state index contributed by atoms with van der Waals surface area (Å²) in [5.41, 5.74) is 16.5. The van der Waals surface area contributed by atoms with Gasteiger partial charge in [0, 0.05) is 33.3 Å². The first-order valence-corrected chi connectivity index (χ1v) is 18.8. The van der Waals surface area contributed by atoms with Crippen molar-refractivity contribution in [1.29, 1.82) is 0 Å². The average Bonchev–Trinajstić information content (AvgIpc) is 4.00. The van der Waals surface area contributed by atoms with Crippen molar-refractivity contribution in [2.24, 2.45) is 0 Å². The Labute approximate surface area is 318 Å². The van der Waals surface area contributed by atoms with Crippen molar-refractivity contribution in [2.75, 3.05) is 0 Å². The summed E-state index contributed by atoms with van der Waals surface area (Å²) in [5.74, 6) is 1.60. The summed E-state index contributed by atoms with van der Waals surface area (Å²) in [4.78, 5) is 0. The number of hydrogen-bond donors (Lipinski definition) is 0. The van der Waals surface area contributed by atoms with Gasteiger partial charge in [0.15, 0.2) is 11.6 Å². The Morgan fingerprint density at radius 3 is 1.35 bits per heavy atom. The Morgan fingerprint density at radius 1 is 0.327 bits per heavy atom. The van der Waals surface area contributed by atoms with Crippen LogP contribution in [0.15, 0.2) is 194 Å². The van der Waals surface area contributed by atoms with Crippen LogP contribution in [0.2, 0.25) is 0 Å². The maximum absolute atomic E-state index is 4.98. The molecule has 12 rings (SSSR count). The molecule has 10 aromatic rings. The zero-order valence-electron chi connectivity index (χ0n) is 29.8. The van der Waals surface area contributed by atoms with E-state index in [1.54, 1.807) is 0 Å². The van der Waals surface area contributed by atoms with Crippen molar-refractivity contribution in [3.63, 3.8) is 0 Å². The highest BCUT2D eigenvalue weighted by Crippen LogP contribution is 2.63. The molecule has 0 N–H and O–H groups in total. The summed E-state index contributed by atoms with van der Waals surface area (Å²) in [6.45, 7) is 0. The molecule has 0 aliphatic heterocycles. The van der Waals surface area contributed by atoms with Gasteiger partial charge in [-0.2, -0.15) is 0 Å². The third-order valence-corrected chi connectivity index (χ3v) is 11.9. The Bertz CT molecular complexity index is 3030. The summed E-state index contributed by atoms with van der Waals surface area (Å²) >= 11 is 0. The van der Waals surface area contributed by atoms with Crippen molar-refractivity contribution >= 4 is 21.8 Å². The molecule has 4 heteroatoms. The molecule has 4 nitrogen and oxygen atoms in total. The molecular weight excluding hydrogens is 669 g/mol. The molecule has 0 radical (unpaired) electrons. The maximum Gasteiger partial charge on any atom is 0.168 e. The monoisotopic (exact) mass is 700 g/mol. The van der Waals surface area contributed by atoms with Crippen LogP contribution in [-0.4, -0.2) is 19.3 Å². The fourth-order valence-electron chi connectivity index (χ4n) is 9.67. The van der Waals surface area contributed by atoms with E-state index in [0.29, 0.717) is 0 Å². The van der Waals surface area contributed by atoms with Crippen LogP contribution in [0, 0.1) is 0 Å². The van der Waals surface area contributed by atoms with Crippen LogP contribution in [-0.2, 0) is 5.41 Å². The van der Waals surface area contributed by atoms with E-state index in [0.717, 1.165) is 34.2 Å². The highest BCUT2D eigenvalue weighted by Gasteiger charge is 2.51. The molecule has 2 heterocycles. The van der Waals surface area contributed by atoms with E-state index >= 15 is 0 Å². The molecule has 55 heavy (non-hydrogen) atoms. The predicted octanol–water partition coefficient (Wildman–Crippen LogP) is 12.0. The van der Waals surface area contributed by atoms with E-state index in [4.69, 9.17) is 10.2 Å². The highest BCUT2D eigenvalue weighted by atomic mass is 15.3. The fraction of sp³-hybridized carbons (Fsp3) is 0.0196. The second kappa shape index (κ2) is 11.3. The number of nitrogens with zero attached hydrogens (tertiary/aromatic N) is 4. The topological polar surface area (TPSA) is 35.6 Å². The summed E-state index contributed by atoms with van der Waals surface area (Å²) in [6, 6.07) is 70.2. The second-order valence-corrected chi connectivity index (χ2v) is 14.6. The van der Waals surface area contributed by atoms with Gasteiger partial charge >= 0.3 is 0 Å². The minimum atomic E-state index is -0.432. The molecule has 0 amide bonds. The van der Waals surface area contributed by atoms with Gasteiger partial charge in [0.1, 0.15) is 0 Å². The van der Waals surface area contributed by atoms with Gasteiger partial charge in [-0.3, -0.25) is 4.57 Å². The summed E-state index contributed by atoms with van der Waals surface area (Å²) in [5, 5.41) is 12.4. The molecule has 256 valence electrons. The third-order valence-electron chi connectivity index (χ3n) is 11.9. The summed E-state index contributed by atoms with van der Waals surface area (Å²) in [7, 11) is 0. The lowest BCUT2D eigenvalue weighted by Crippen LogP contribution is -2.25. The van der Waals surface area contributed by atoms with E-state index in [1.807, 2.05) is 0 Å². The molecule has 2 aliphatic carbocycles. The van der Waals surface area contributed by atoms with Gasteiger partial charge in [0.2, 0.25) is 0 Å². The second-order valence-electron chi connectivity index (χ2n) is 14.6. The molecule has 0 fully saturated rings. The van der Waals surface area contributed by atoms with E-state index in [1.165, 1.54) is 66.3 Å². The number of fused-ring (bicyclic) bond motifs is 13. The largest absolute Gasteiger partial charge is 0.309 e. The van der Waals surface area contributed by atoms with Crippen LogP contribution < -0.4 is 0 Å². The van der Waals surface area contributed by atoms with E-state index < -0.39 is 5.41 Å². The van der Waals surface area contributed by atoms with Gasteiger partial charge in [-0.25, -0.2) is 0 Å². The first-order chi connectivity index (χ1) is 27.3. The number of para-hydroxylation sites is 3. The van der Waals surface area contributed by atoms with Gasteiger partial charge in [-0.05, 0) is 99.1 Å². The van der Waals surface area contributed by atoms with Crippen LogP contribution in [0.25, 0.3) is 78.2 Å². The van der Waals surface area contributed by atoms with Crippen molar-refractivity contribution in [3.05, 3.63) is 216 Å². The molecular formula is C51H32N4. The Hall–Kier alpha value is -7.30. The zero-order chi connectivity index (χ0) is 36.1. The molecule has 2 aromatic heterocycles. The smallest absolute Gasteiger partial charge is 0.168 e. The van der Waals surface area contributed by atoms with Crippen LogP contribution in [0.3, 0.4) is 0 Å². The van der Waals surface area contributed by atoms with Crippen molar-refractivity contribution in [3.8, 4) is 56.4 Å². The van der Waals surface area contributed by atoms with Gasteiger partial charge in [-0.1, -0.05) is 140 Å². The molecule has 2 aliphatic rings. The van der Waals surface area contributed by atoms with E-state index in [-0.39, 0.29) is 0 Å². The highest BCUT2D eigenvalue weighted by molar-refractivity contribution is 6.09. The first kappa shape index (κ1) is 30.2. The quantitative estimate of drug-likeness (QED) is 0.183. The summed E-state index contributed by atoms with van der Waals surface area (Å²) in [6.07, 6.45) is 0. The minimum absolute atomic E-state index is 0.432. The number of rotatable bonds is 4. The van der Waals surface area contributed by atoms with Crippen molar-refractivity contribution in [2.45, 2.75) is 5.41 Å². The molecule has 0 saturated carbocycles. The lowest BCUT2D eigenvalue weighted by Gasteiger charge is -2.30. The number of aromatic nitrogens is 4. The van der Waals surface area contributed by atoms with Crippen LogP contribution in [0.5, 0.6) is 0 Å². The van der Waals surface area contributed by atoms with Gasteiger partial charge < -0.3 is 4.57 Å². The van der Waals surface area contributed by atoms with Crippen LogP contribution >= 0.6 is 0 Å². The average molecular weight is 701 g/mol. The zero-order valence-corrected chi connectivity index (χ0v) is 29.8. The maximum atomic E-state index is 4.98. The third kappa shape index (κ3) is 4.05. The standard InChI is InChI=1S/C51H32N4/c1-2-14-35(15-3-1)55-49(33-26-29-36(30-27-33)54-47-24-12-7-19-41(47)42-20-8-13-25-48(42)54)52-53-50(55)34-28-31-40-39-18-6-11-23-45(39)51(46(40)32-34)43-21-9-4-16-37(43)38-17-5-10-22-44(38)51/h1-32H. The fourth-order valence-corrected chi connectivity index (χ4v) is 9.67. The number of hydrogen-bond acceptors (Lipinski definition) is 2. The van der Waals surface area contributed by atoms with Crippen LogP contribution in [0.4, 0.5) is 0 Å². The van der Waals surface area contributed by atoms with Gasteiger partial charge in [-0.15, -0.1) is 10.2 Å². The molecule has 0 saturated heterocycles. The Morgan fingerprint density at radius 2 is 0.764 bits per heavy atom. The van der Waals surface area contributed by atoms with Gasteiger partial charge in [0.05, 0.1) is 16.4 Å². The summed E-state index contributed by atoms with van der Waals surface area (Å²) < 4.78 is 4.56.